The van der Waals surface area contributed by atoms with Crippen molar-refractivity contribution in [3.05, 3.63) is 0 Å². The van der Waals surface area contributed by atoms with Crippen molar-refractivity contribution in [2.24, 2.45) is 17.3 Å². The molecule has 0 aromatic rings. The van der Waals surface area contributed by atoms with Gasteiger partial charge in [0.1, 0.15) is 0 Å². The van der Waals surface area contributed by atoms with E-state index >= 15 is 0 Å². The Morgan fingerprint density at radius 2 is 2.38 bits per heavy atom. The molecule has 0 aromatic heterocycles. The van der Waals surface area contributed by atoms with Crippen LogP contribution in [0.25, 0.3) is 0 Å². The molecule has 2 rings (SSSR count). The van der Waals surface area contributed by atoms with E-state index < -0.39 is 0 Å². The van der Waals surface area contributed by atoms with Gasteiger partial charge in [0.2, 0.25) is 5.91 Å². The Bertz CT molecular complexity index is 262. The van der Waals surface area contributed by atoms with E-state index in [0.29, 0.717) is 12.5 Å². The molecule has 1 aliphatic carbocycles. The lowest BCUT2D eigenvalue weighted by Gasteiger charge is -2.25. The maximum Gasteiger partial charge on any atom is 0.229 e. The monoisotopic (exact) mass is 226 g/mol. The highest BCUT2D eigenvalue weighted by Crippen LogP contribution is 2.37. The van der Waals surface area contributed by atoms with Gasteiger partial charge in [0, 0.05) is 20.2 Å². The molecule has 4 nitrogen and oxygen atoms in total. The second kappa shape index (κ2) is 4.72. The Morgan fingerprint density at radius 1 is 1.62 bits per heavy atom. The molecule has 0 radical (unpaired) electrons. The van der Waals surface area contributed by atoms with E-state index in [2.05, 4.69) is 17.6 Å². The number of hydrogen-bond donors (Lipinski definition) is 2. The molecule has 2 N–H and O–H groups in total. The van der Waals surface area contributed by atoms with E-state index in [1.807, 2.05) is 0 Å². The summed E-state index contributed by atoms with van der Waals surface area (Å²) < 4.78 is 5.19. The van der Waals surface area contributed by atoms with Crippen molar-refractivity contribution in [2.75, 3.05) is 33.4 Å². The van der Waals surface area contributed by atoms with Gasteiger partial charge in [-0.25, -0.2) is 0 Å². The first kappa shape index (κ1) is 11.9. The van der Waals surface area contributed by atoms with Gasteiger partial charge in [-0.2, -0.15) is 0 Å². The fourth-order valence-electron chi connectivity index (χ4n) is 2.50. The second-order valence-corrected chi connectivity index (χ2v) is 5.32. The molecule has 0 bridgehead atoms. The highest BCUT2D eigenvalue weighted by Gasteiger charge is 2.42. The Morgan fingerprint density at radius 3 is 2.88 bits per heavy atom. The van der Waals surface area contributed by atoms with Crippen LogP contribution in [0.15, 0.2) is 0 Å². The van der Waals surface area contributed by atoms with Crippen molar-refractivity contribution in [1.29, 1.82) is 0 Å². The summed E-state index contributed by atoms with van der Waals surface area (Å²) in [6.07, 6.45) is 2.14. The Hall–Kier alpha value is -0.610. The topological polar surface area (TPSA) is 50.4 Å². The fourth-order valence-corrected chi connectivity index (χ4v) is 2.50. The molecule has 3 unspecified atom stereocenters. The summed E-state index contributed by atoms with van der Waals surface area (Å²) >= 11 is 0. The van der Waals surface area contributed by atoms with Crippen LogP contribution in [0.1, 0.15) is 19.8 Å². The zero-order chi connectivity index (χ0) is 11.6. The van der Waals surface area contributed by atoms with Crippen LogP contribution in [0, 0.1) is 17.3 Å². The lowest BCUT2D eigenvalue weighted by molar-refractivity contribution is -0.133. The van der Waals surface area contributed by atoms with Crippen molar-refractivity contribution in [3.63, 3.8) is 0 Å². The lowest BCUT2D eigenvalue weighted by Crippen LogP contribution is -2.46. The van der Waals surface area contributed by atoms with Gasteiger partial charge >= 0.3 is 0 Å². The normalized spacial score (nSPS) is 37.4. The molecule has 2 fully saturated rings. The first-order valence-electron chi connectivity index (χ1n) is 6.16. The van der Waals surface area contributed by atoms with E-state index in [1.165, 1.54) is 6.42 Å². The molecule has 1 heterocycles. The van der Waals surface area contributed by atoms with Crippen molar-refractivity contribution in [1.82, 2.24) is 10.6 Å². The summed E-state index contributed by atoms with van der Waals surface area (Å²) in [4.78, 5) is 12.2. The molecular weight excluding hydrogens is 204 g/mol. The van der Waals surface area contributed by atoms with Gasteiger partial charge in [-0.1, -0.05) is 6.92 Å². The third-order valence-corrected chi connectivity index (χ3v) is 3.95. The van der Waals surface area contributed by atoms with Crippen molar-refractivity contribution in [3.8, 4) is 0 Å². The van der Waals surface area contributed by atoms with E-state index in [0.717, 1.165) is 32.0 Å². The fraction of sp³-hybridized carbons (Fsp3) is 0.917. The number of amides is 1. The van der Waals surface area contributed by atoms with Crippen LogP contribution in [0.4, 0.5) is 0 Å². The number of hydrogen-bond acceptors (Lipinski definition) is 3. The molecule has 2 aliphatic rings. The molecule has 16 heavy (non-hydrogen) atoms. The van der Waals surface area contributed by atoms with Crippen molar-refractivity contribution in [2.45, 2.75) is 19.8 Å². The summed E-state index contributed by atoms with van der Waals surface area (Å²) in [5.74, 6) is 1.66. The number of rotatable bonds is 5. The molecule has 92 valence electrons. The van der Waals surface area contributed by atoms with Gasteiger partial charge in [-0.3, -0.25) is 4.79 Å². The number of carbonyl (C=O) groups excluding carboxylic acids is 1. The first-order chi connectivity index (χ1) is 7.68. The van der Waals surface area contributed by atoms with Gasteiger partial charge in [-0.15, -0.1) is 0 Å². The quantitative estimate of drug-likeness (QED) is 0.713. The highest BCUT2D eigenvalue weighted by molar-refractivity contribution is 5.83. The van der Waals surface area contributed by atoms with Crippen molar-refractivity contribution >= 4 is 5.91 Å². The van der Waals surface area contributed by atoms with E-state index in [9.17, 15) is 4.79 Å². The average molecular weight is 226 g/mol. The minimum absolute atomic E-state index is 0.165. The SMILES string of the molecule is COCC1(C(=O)NCC2CC2C)CCNC1. The number of nitrogens with one attached hydrogen (secondary N) is 2. The standard InChI is InChI=1S/C12H22N2O2/c1-9-5-10(9)6-14-11(15)12(8-16-2)3-4-13-7-12/h9-10,13H,3-8H2,1-2H3,(H,14,15). The molecule has 0 spiro atoms. The minimum Gasteiger partial charge on any atom is -0.384 e. The summed E-state index contributed by atoms with van der Waals surface area (Å²) in [5.41, 5.74) is -0.327. The molecule has 3 atom stereocenters. The highest BCUT2D eigenvalue weighted by atomic mass is 16.5. The predicted molar refractivity (Wildman–Crippen MR) is 62.1 cm³/mol. The Kier molecular flexibility index (Phi) is 3.50. The van der Waals surface area contributed by atoms with Crippen molar-refractivity contribution < 1.29 is 9.53 Å². The van der Waals surface area contributed by atoms with Crippen LogP contribution in [-0.2, 0) is 9.53 Å². The van der Waals surface area contributed by atoms with Gasteiger partial charge in [0.05, 0.1) is 12.0 Å². The molecule has 1 saturated heterocycles. The third-order valence-electron chi connectivity index (χ3n) is 3.95. The number of carbonyl (C=O) groups is 1. The van der Waals surface area contributed by atoms with Crippen LogP contribution < -0.4 is 10.6 Å². The van der Waals surface area contributed by atoms with Gasteiger partial charge in [0.25, 0.3) is 0 Å². The van der Waals surface area contributed by atoms with Crippen LogP contribution in [0.2, 0.25) is 0 Å². The molecule has 1 aliphatic heterocycles. The number of methoxy groups -OCH3 is 1. The zero-order valence-corrected chi connectivity index (χ0v) is 10.2. The van der Waals surface area contributed by atoms with Crippen LogP contribution in [0.5, 0.6) is 0 Å². The minimum atomic E-state index is -0.327. The van der Waals surface area contributed by atoms with Gasteiger partial charge in [0.15, 0.2) is 0 Å². The molecule has 4 heteroatoms. The Balaban J connectivity index is 1.84. The van der Waals surface area contributed by atoms with Crippen LogP contribution in [-0.4, -0.2) is 39.3 Å². The van der Waals surface area contributed by atoms with E-state index in [4.69, 9.17) is 4.74 Å². The van der Waals surface area contributed by atoms with Gasteiger partial charge < -0.3 is 15.4 Å². The predicted octanol–water partition coefficient (Wildman–Crippen LogP) is 0.385. The number of ether oxygens (including phenoxy) is 1. The largest absolute Gasteiger partial charge is 0.384 e. The maximum atomic E-state index is 12.2. The van der Waals surface area contributed by atoms with E-state index in [1.54, 1.807) is 7.11 Å². The van der Waals surface area contributed by atoms with Crippen LogP contribution >= 0.6 is 0 Å². The lowest BCUT2D eigenvalue weighted by atomic mass is 9.87. The molecule has 0 aromatic carbocycles. The first-order valence-corrected chi connectivity index (χ1v) is 6.16. The zero-order valence-electron chi connectivity index (χ0n) is 10.2. The molecule has 1 amide bonds. The second-order valence-electron chi connectivity index (χ2n) is 5.32. The Labute approximate surface area is 97.1 Å². The third kappa shape index (κ3) is 2.38. The van der Waals surface area contributed by atoms with Gasteiger partial charge in [-0.05, 0) is 31.2 Å². The summed E-state index contributed by atoms with van der Waals surface area (Å²) in [6.45, 7) is 5.25. The molecule has 1 saturated carbocycles. The molecular formula is C12H22N2O2. The average Bonchev–Trinajstić information content (AvgIpc) is 2.78. The summed E-state index contributed by atoms with van der Waals surface area (Å²) in [5, 5.41) is 6.33. The summed E-state index contributed by atoms with van der Waals surface area (Å²) in [6, 6.07) is 0. The smallest absolute Gasteiger partial charge is 0.229 e. The maximum absolute atomic E-state index is 12.2. The van der Waals surface area contributed by atoms with E-state index in [-0.39, 0.29) is 11.3 Å². The van der Waals surface area contributed by atoms with Crippen LogP contribution in [0.3, 0.4) is 0 Å². The summed E-state index contributed by atoms with van der Waals surface area (Å²) in [7, 11) is 1.66.